The summed E-state index contributed by atoms with van der Waals surface area (Å²) in [7, 11) is 0. The molecule has 4 heteroatoms. The third-order valence-electron chi connectivity index (χ3n) is 3.29. The molecular formula is C16H16N2O2. The number of carbonyl (C=O) groups is 2. The number of nitrogens with two attached hydrogens (primary N) is 2. The van der Waals surface area contributed by atoms with E-state index in [4.69, 9.17) is 11.5 Å². The molecule has 0 bridgehead atoms. The summed E-state index contributed by atoms with van der Waals surface area (Å²) < 4.78 is 0. The van der Waals surface area contributed by atoms with Crippen LogP contribution in [0.15, 0.2) is 36.4 Å². The summed E-state index contributed by atoms with van der Waals surface area (Å²) in [5.41, 5.74) is 14.8. The lowest BCUT2D eigenvalue weighted by Gasteiger charge is -2.06. The molecule has 0 aromatic heterocycles. The van der Waals surface area contributed by atoms with Gasteiger partial charge in [0.15, 0.2) is 0 Å². The normalized spacial score (nSPS) is 10.3. The number of anilines is 2. The molecule has 0 saturated carbocycles. The minimum Gasteiger partial charge on any atom is -0.398 e. The second kappa shape index (κ2) is 5.17. The monoisotopic (exact) mass is 268 g/mol. The van der Waals surface area contributed by atoms with Crippen molar-refractivity contribution in [1.29, 1.82) is 0 Å². The van der Waals surface area contributed by atoms with Crippen molar-refractivity contribution in [3.05, 3.63) is 58.7 Å². The second-order valence-electron chi connectivity index (χ2n) is 4.80. The molecular weight excluding hydrogens is 252 g/mol. The van der Waals surface area contributed by atoms with E-state index in [0.29, 0.717) is 11.4 Å². The van der Waals surface area contributed by atoms with Crippen molar-refractivity contribution in [1.82, 2.24) is 0 Å². The predicted octanol–water partition coefficient (Wildman–Crippen LogP) is 2.53. The minimum absolute atomic E-state index is 0.289. The highest BCUT2D eigenvalue weighted by molar-refractivity contribution is 6.49. The Morgan fingerprint density at radius 3 is 1.40 bits per heavy atom. The second-order valence-corrected chi connectivity index (χ2v) is 4.80. The molecule has 2 aromatic rings. The maximum Gasteiger partial charge on any atom is 0.233 e. The summed E-state index contributed by atoms with van der Waals surface area (Å²) in [6.45, 7) is 3.68. The third-order valence-corrected chi connectivity index (χ3v) is 3.29. The number of benzene rings is 2. The van der Waals surface area contributed by atoms with Crippen LogP contribution in [-0.4, -0.2) is 11.6 Å². The summed E-state index contributed by atoms with van der Waals surface area (Å²) in [6, 6.07) is 9.69. The van der Waals surface area contributed by atoms with Gasteiger partial charge >= 0.3 is 0 Å². The van der Waals surface area contributed by atoms with E-state index in [0.717, 1.165) is 11.1 Å². The quantitative estimate of drug-likeness (QED) is 0.509. The molecule has 0 aliphatic heterocycles. The largest absolute Gasteiger partial charge is 0.398 e. The molecule has 0 spiro atoms. The van der Waals surface area contributed by atoms with E-state index in [1.807, 2.05) is 13.8 Å². The number of hydrogen-bond acceptors (Lipinski definition) is 4. The minimum atomic E-state index is -0.583. The number of Topliss-reactive ketones (excluding diaryl/α,β-unsaturated/α-hetero) is 2. The van der Waals surface area contributed by atoms with E-state index in [1.165, 1.54) is 12.1 Å². The van der Waals surface area contributed by atoms with Gasteiger partial charge in [0.05, 0.1) is 0 Å². The van der Waals surface area contributed by atoms with E-state index in [-0.39, 0.29) is 11.1 Å². The van der Waals surface area contributed by atoms with Crippen LogP contribution >= 0.6 is 0 Å². The Balaban J connectivity index is 2.34. The molecule has 0 atom stereocenters. The van der Waals surface area contributed by atoms with E-state index < -0.39 is 11.6 Å². The first kappa shape index (κ1) is 13.8. The maximum absolute atomic E-state index is 12.2. The molecule has 0 heterocycles. The Hall–Kier alpha value is -2.62. The number of nitrogen functional groups attached to an aromatic ring is 2. The fourth-order valence-corrected chi connectivity index (χ4v) is 1.83. The number of aryl methyl sites for hydroxylation is 2. The van der Waals surface area contributed by atoms with Crippen LogP contribution in [0.25, 0.3) is 0 Å². The molecule has 4 nitrogen and oxygen atoms in total. The number of rotatable bonds is 3. The zero-order valence-corrected chi connectivity index (χ0v) is 11.4. The molecule has 0 fully saturated rings. The summed E-state index contributed by atoms with van der Waals surface area (Å²) in [4.78, 5) is 24.3. The van der Waals surface area contributed by atoms with Gasteiger partial charge in [-0.15, -0.1) is 0 Å². The topological polar surface area (TPSA) is 86.2 Å². The maximum atomic E-state index is 12.2. The summed E-state index contributed by atoms with van der Waals surface area (Å²) in [5.74, 6) is -1.17. The van der Waals surface area contributed by atoms with E-state index in [1.54, 1.807) is 24.3 Å². The Kier molecular flexibility index (Phi) is 3.57. The zero-order chi connectivity index (χ0) is 14.9. The van der Waals surface area contributed by atoms with Crippen LogP contribution in [0.5, 0.6) is 0 Å². The van der Waals surface area contributed by atoms with Crippen LogP contribution in [-0.2, 0) is 0 Å². The Labute approximate surface area is 117 Å². The first-order chi connectivity index (χ1) is 9.40. The lowest BCUT2D eigenvalue weighted by molar-refractivity contribution is 0.0817. The molecule has 4 N–H and O–H groups in total. The van der Waals surface area contributed by atoms with Gasteiger partial charge in [-0.2, -0.15) is 0 Å². The molecule has 20 heavy (non-hydrogen) atoms. The summed E-state index contributed by atoms with van der Waals surface area (Å²) >= 11 is 0. The predicted molar refractivity (Wildman–Crippen MR) is 79.8 cm³/mol. The molecule has 0 aliphatic carbocycles. The van der Waals surface area contributed by atoms with Crippen LogP contribution in [0.3, 0.4) is 0 Å². The Bertz CT molecular complexity index is 644. The molecule has 0 aliphatic rings. The third kappa shape index (κ3) is 2.54. The average Bonchev–Trinajstić information content (AvgIpc) is 2.43. The van der Waals surface area contributed by atoms with Gasteiger partial charge in [0.1, 0.15) is 0 Å². The fourth-order valence-electron chi connectivity index (χ4n) is 1.83. The van der Waals surface area contributed by atoms with Crippen molar-refractivity contribution in [3.63, 3.8) is 0 Å². The van der Waals surface area contributed by atoms with Gasteiger partial charge in [0.25, 0.3) is 0 Å². The highest BCUT2D eigenvalue weighted by Crippen LogP contribution is 2.17. The molecule has 0 amide bonds. The number of carbonyl (C=O) groups excluding carboxylic acids is 2. The van der Waals surface area contributed by atoms with Gasteiger partial charge in [-0.3, -0.25) is 9.59 Å². The average molecular weight is 268 g/mol. The van der Waals surface area contributed by atoms with Gasteiger partial charge in [-0.25, -0.2) is 0 Å². The van der Waals surface area contributed by atoms with Gasteiger partial charge in [-0.05, 0) is 37.1 Å². The number of ketones is 2. The standard InChI is InChI=1S/C16H16N2O2/c1-9-3-5-11(7-13(9)17)15(19)16(20)12-6-4-10(2)14(18)8-12/h3-8H,17-18H2,1-2H3. The van der Waals surface area contributed by atoms with Crippen LogP contribution in [0.4, 0.5) is 11.4 Å². The molecule has 0 saturated heterocycles. The molecule has 102 valence electrons. The lowest BCUT2D eigenvalue weighted by atomic mass is 9.98. The van der Waals surface area contributed by atoms with Crippen molar-refractivity contribution in [2.45, 2.75) is 13.8 Å². The Morgan fingerprint density at radius 2 is 1.10 bits per heavy atom. The molecule has 2 aromatic carbocycles. The van der Waals surface area contributed by atoms with Crippen molar-refractivity contribution >= 4 is 22.9 Å². The van der Waals surface area contributed by atoms with Gasteiger partial charge in [-0.1, -0.05) is 24.3 Å². The fraction of sp³-hybridized carbons (Fsp3) is 0.125. The van der Waals surface area contributed by atoms with E-state index in [2.05, 4.69) is 0 Å². The smallest absolute Gasteiger partial charge is 0.233 e. The van der Waals surface area contributed by atoms with Crippen LogP contribution < -0.4 is 11.5 Å². The summed E-state index contributed by atoms with van der Waals surface area (Å²) in [6.07, 6.45) is 0. The van der Waals surface area contributed by atoms with Crippen LogP contribution in [0, 0.1) is 13.8 Å². The van der Waals surface area contributed by atoms with Gasteiger partial charge in [0.2, 0.25) is 11.6 Å². The first-order valence-corrected chi connectivity index (χ1v) is 6.21. The van der Waals surface area contributed by atoms with Crippen molar-refractivity contribution < 1.29 is 9.59 Å². The van der Waals surface area contributed by atoms with Crippen LogP contribution in [0.1, 0.15) is 31.8 Å². The zero-order valence-electron chi connectivity index (χ0n) is 11.4. The van der Waals surface area contributed by atoms with Crippen molar-refractivity contribution in [2.75, 3.05) is 11.5 Å². The van der Waals surface area contributed by atoms with E-state index in [9.17, 15) is 9.59 Å². The highest BCUT2D eigenvalue weighted by Gasteiger charge is 2.19. The van der Waals surface area contributed by atoms with Gasteiger partial charge in [0, 0.05) is 22.5 Å². The molecule has 2 rings (SSSR count). The lowest BCUT2D eigenvalue weighted by Crippen LogP contribution is -2.15. The van der Waals surface area contributed by atoms with Crippen molar-refractivity contribution in [3.8, 4) is 0 Å². The van der Waals surface area contributed by atoms with E-state index >= 15 is 0 Å². The SMILES string of the molecule is Cc1ccc(C(=O)C(=O)c2ccc(C)c(N)c2)cc1N. The van der Waals surface area contributed by atoms with Gasteiger partial charge < -0.3 is 11.5 Å². The molecule has 0 radical (unpaired) electrons. The van der Waals surface area contributed by atoms with Crippen molar-refractivity contribution in [2.24, 2.45) is 0 Å². The number of hydrogen-bond donors (Lipinski definition) is 2. The molecule has 0 unspecified atom stereocenters. The van der Waals surface area contributed by atoms with Crippen LogP contribution in [0.2, 0.25) is 0 Å². The Morgan fingerprint density at radius 1 is 0.750 bits per heavy atom. The first-order valence-electron chi connectivity index (χ1n) is 6.21. The highest BCUT2D eigenvalue weighted by atomic mass is 16.2. The summed E-state index contributed by atoms with van der Waals surface area (Å²) in [5, 5.41) is 0.